The minimum Gasteiger partial charge on any atom is -0.394 e. The summed E-state index contributed by atoms with van der Waals surface area (Å²) in [5.41, 5.74) is 0. The minimum absolute atomic E-state index is 0.0719. The summed E-state index contributed by atoms with van der Waals surface area (Å²) < 4.78 is 0. The largest absolute Gasteiger partial charge is 0.394 e. The van der Waals surface area contributed by atoms with Crippen molar-refractivity contribution in [2.75, 3.05) is 6.61 Å². The molecule has 0 fully saturated rings. The summed E-state index contributed by atoms with van der Waals surface area (Å²) >= 11 is 0. The van der Waals surface area contributed by atoms with Crippen LogP contribution in [-0.2, 0) is 4.79 Å². The first-order chi connectivity index (χ1) is 30.7. The lowest BCUT2D eigenvalue weighted by atomic mass is 10.0. The fourth-order valence-corrected chi connectivity index (χ4v) is 8.80. The molecule has 0 aliphatic carbocycles. The lowest BCUT2D eigenvalue weighted by molar-refractivity contribution is -0.123. The second-order valence-corrected chi connectivity index (χ2v) is 19.3. The van der Waals surface area contributed by atoms with E-state index >= 15 is 0 Å². The molecule has 4 heteroatoms. The number of carbonyl (C=O) groups is 1. The van der Waals surface area contributed by atoms with Crippen molar-refractivity contribution in [1.82, 2.24) is 5.32 Å². The molecule has 0 heterocycles. The highest BCUT2D eigenvalue weighted by molar-refractivity contribution is 5.76. The molecule has 0 spiro atoms. The maximum Gasteiger partial charge on any atom is 0.220 e. The number of hydrogen-bond donors (Lipinski definition) is 3. The van der Waals surface area contributed by atoms with Crippen molar-refractivity contribution in [3.8, 4) is 0 Å². The number of nitrogens with one attached hydrogen (secondary N) is 1. The van der Waals surface area contributed by atoms with Gasteiger partial charge in [-0.15, -0.1) is 0 Å². The molecule has 0 saturated heterocycles. The summed E-state index contributed by atoms with van der Waals surface area (Å²) in [6.45, 7) is 4.33. The molecule has 0 aromatic rings. The van der Waals surface area contributed by atoms with Gasteiger partial charge in [-0.05, 0) is 44.9 Å². The van der Waals surface area contributed by atoms with Crippen molar-refractivity contribution in [3.63, 3.8) is 0 Å². The highest BCUT2D eigenvalue weighted by Gasteiger charge is 2.18. The van der Waals surface area contributed by atoms with Crippen molar-refractivity contribution >= 4 is 5.91 Å². The molecule has 2 unspecified atom stereocenters. The Hall–Kier alpha value is -1.39. The Labute approximate surface area is 389 Å². The monoisotopic (exact) mass is 870 g/mol. The summed E-state index contributed by atoms with van der Waals surface area (Å²) in [4.78, 5) is 12.5. The minimum atomic E-state index is -0.869. The Kier molecular flexibility index (Phi) is 52.7. The first-order valence-corrected chi connectivity index (χ1v) is 28.2. The smallest absolute Gasteiger partial charge is 0.220 e. The Morgan fingerprint density at radius 2 is 0.629 bits per heavy atom. The van der Waals surface area contributed by atoms with E-state index in [1.54, 1.807) is 6.08 Å². The topological polar surface area (TPSA) is 69.6 Å². The highest BCUT2D eigenvalue weighted by atomic mass is 16.3. The third-order valence-corrected chi connectivity index (χ3v) is 13.1. The molecular weight excluding hydrogens is 759 g/mol. The number of aliphatic hydroxyl groups is 2. The van der Waals surface area contributed by atoms with Gasteiger partial charge in [0.25, 0.3) is 0 Å². The van der Waals surface area contributed by atoms with Gasteiger partial charge in [-0.1, -0.05) is 294 Å². The van der Waals surface area contributed by atoms with Crippen molar-refractivity contribution in [3.05, 3.63) is 36.5 Å². The summed E-state index contributed by atoms with van der Waals surface area (Å²) in [6, 6.07) is -0.644. The highest BCUT2D eigenvalue weighted by Crippen LogP contribution is 2.17. The summed E-state index contributed by atoms with van der Waals surface area (Å²) in [6.07, 6.45) is 73.1. The second-order valence-electron chi connectivity index (χ2n) is 19.3. The van der Waals surface area contributed by atoms with Gasteiger partial charge in [0.2, 0.25) is 5.91 Å². The first kappa shape index (κ1) is 60.6. The van der Waals surface area contributed by atoms with Crippen LogP contribution in [0.4, 0.5) is 0 Å². The molecule has 2 atom stereocenters. The number of carbonyl (C=O) groups excluding carboxylic acids is 1. The third-order valence-electron chi connectivity index (χ3n) is 13.1. The average molecular weight is 871 g/mol. The van der Waals surface area contributed by atoms with Gasteiger partial charge in [0.15, 0.2) is 0 Å². The van der Waals surface area contributed by atoms with Gasteiger partial charge in [0, 0.05) is 6.42 Å². The van der Waals surface area contributed by atoms with Gasteiger partial charge in [0.1, 0.15) is 0 Å². The zero-order chi connectivity index (χ0) is 44.9. The quantitative estimate of drug-likeness (QED) is 0.0421. The average Bonchev–Trinajstić information content (AvgIpc) is 3.28. The van der Waals surface area contributed by atoms with E-state index in [-0.39, 0.29) is 12.5 Å². The van der Waals surface area contributed by atoms with Gasteiger partial charge >= 0.3 is 0 Å². The van der Waals surface area contributed by atoms with E-state index in [0.29, 0.717) is 6.42 Å². The molecule has 0 aromatic carbocycles. The molecule has 3 N–H and O–H groups in total. The standard InChI is InChI=1S/C58H111NO3/c1-3-5-7-9-11-13-15-17-19-21-23-25-27-29-31-33-35-37-39-41-43-45-47-49-51-53-57(61)56(55-60)59-58(62)54-52-50-48-46-44-42-40-38-36-34-32-30-28-26-24-22-20-18-16-14-12-10-8-6-4-2/h35,37,43,45,51,53,56-57,60-61H,3-34,36,38-42,44,46-50,52,54-55H2,1-2H3,(H,59,62)/b37-35+,45-43+,53-51+. The lowest BCUT2D eigenvalue weighted by Crippen LogP contribution is -2.45. The maximum absolute atomic E-state index is 12.5. The molecule has 0 aromatic heterocycles. The van der Waals surface area contributed by atoms with Gasteiger partial charge < -0.3 is 15.5 Å². The molecule has 366 valence electrons. The van der Waals surface area contributed by atoms with E-state index < -0.39 is 12.1 Å². The van der Waals surface area contributed by atoms with Crippen LogP contribution >= 0.6 is 0 Å². The molecule has 0 rings (SSSR count). The number of aliphatic hydroxyl groups excluding tert-OH is 2. The van der Waals surface area contributed by atoms with Crippen LogP contribution in [-0.4, -0.2) is 34.9 Å². The van der Waals surface area contributed by atoms with Crippen LogP contribution in [0, 0.1) is 0 Å². The molecule has 0 radical (unpaired) electrons. The molecule has 0 saturated carbocycles. The lowest BCUT2D eigenvalue weighted by Gasteiger charge is -2.19. The van der Waals surface area contributed by atoms with E-state index in [1.165, 1.54) is 250 Å². The molecule has 0 bridgehead atoms. The normalized spacial score (nSPS) is 13.0. The fourth-order valence-electron chi connectivity index (χ4n) is 8.80. The predicted molar refractivity (Wildman–Crippen MR) is 276 cm³/mol. The van der Waals surface area contributed by atoms with Gasteiger partial charge in [0.05, 0.1) is 18.8 Å². The second kappa shape index (κ2) is 53.9. The molecule has 0 aliphatic heterocycles. The number of allylic oxidation sites excluding steroid dienone is 5. The number of unbranched alkanes of at least 4 members (excludes halogenated alkanes) is 41. The van der Waals surface area contributed by atoms with E-state index in [4.69, 9.17) is 0 Å². The van der Waals surface area contributed by atoms with E-state index in [1.807, 2.05) is 6.08 Å². The zero-order valence-corrected chi connectivity index (χ0v) is 42.2. The van der Waals surface area contributed by atoms with E-state index in [2.05, 4.69) is 43.5 Å². The SMILES string of the molecule is CCCCCCCCCCCCCCCCC/C=C/CC/C=C/CC/C=C/C(O)C(CO)NC(=O)CCCCCCCCCCCCCCCCCCCCCCCCCCC. The molecule has 4 nitrogen and oxygen atoms in total. The molecule has 62 heavy (non-hydrogen) atoms. The van der Waals surface area contributed by atoms with Crippen molar-refractivity contribution in [2.45, 2.75) is 321 Å². The van der Waals surface area contributed by atoms with Crippen molar-refractivity contribution in [2.24, 2.45) is 0 Å². The van der Waals surface area contributed by atoms with E-state index in [9.17, 15) is 15.0 Å². The van der Waals surface area contributed by atoms with Crippen LogP contribution in [0.1, 0.15) is 309 Å². The number of rotatable bonds is 52. The summed E-state index contributed by atoms with van der Waals surface area (Å²) in [7, 11) is 0. The molecule has 0 aliphatic rings. The van der Waals surface area contributed by atoms with Crippen molar-refractivity contribution < 1.29 is 15.0 Å². The summed E-state index contributed by atoms with van der Waals surface area (Å²) in [5, 5.41) is 23.1. The predicted octanol–water partition coefficient (Wildman–Crippen LogP) is 18.5. The van der Waals surface area contributed by atoms with Crippen LogP contribution in [0.2, 0.25) is 0 Å². The summed E-state index contributed by atoms with van der Waals surface area (Å²) in [5.74, 6) is -0.0719. The van der Waals surface area contributed by atoms with Crippen LogP contribution in [0.15, 0.2) is 36.5 Å². The first-order valence-electron chi connectivity index (χ1n) is 28.2. The van der Waals surface area contributed by atoms with Gasteiger partial charge in [-0.25, -0.2) is 0 Å². The Morgan fingerprint density at radius 3 is 0.935 bits per heavy atom. The third kappa shape index (κ3) is 49.6. The van der Waals surface area contributed by atoms with Crippen LogP contribution in [0.3, 0.4) is 0 Å². The molecule has 1 amide bonds. The molecular formula is C58H111NO3. The van der Waals surface area contributed by atoms with Gasteiger partial charge in [-0.3, -0.25) is 4.79 Å². The number of hydrogen-bond acceptors (Lipinski definition) is 3. The van der Waals surface area contributed by atoms with Crippen LogP contribution in [0.25, 0.3) is 0 Å². The van der Waals surface area contributed by atoms with Gasteiger partial charge in [-0.2, -0.15) is 0 Å². The maximum atomic E-state index is 12.5. The fraction of sp³-hybridized carbons (Fsp3) is 0.879. The van der Waals surface area contributed by atoms with E-state index in [0.717, 1.165) is 38.5 Å². The van der Waals surface area contributed by atoms with Crippen LogP contribution < -0.4 is 5.32 Å². The number of amides is 1. The zero-order valence-electron chi connectivity index (χ0n) is 42.2. The van der Waals surface area contributed by atoms with Crippen LogP contribution in [0.5, 0.6) is 0 Å². The Morgan fingerprint density at radius 1 is 0.371 bits per heavy atom. The Balaban J connectivity index is 3.53. The Bertz CT molecular complexity index is 943. The van der Waals surface area contributed by atoms with Crippen molar-refractivity contribution in [1.29, 1.82) is 0 Å².